The van der Waals surface area contributed by atoms with Gasteiger partial charge in [-0.2, -0.15) is 0 Å². The average molecular weight is 173 g/mol. The zero-order valence-corrected chi connectivity index (χ0v) is 6.95. The van der Waals surface area contributed by atoms with Crippen molar-refractivity contribution in [1.82, 2.24) is 4.98 Å². The number of H-pyrrole nitrogens is 1. The summed E-state index contributed by atoms with van der Waals surface area (Å²) in [5.41, 5.74) is 6.79. The third kappa shape index (κ3) is 1.54. The molecule has 1 radical (unpaired) electrons. The maximum Gasteiger partial charge on any atom is 0.227 e. The van der Waals surface area contributed by atoms with Crippen molar-refractivity contribution in [3.63, 3.8) is 0 Å². The first kappa shape index (κ1) is 7.86. The Balaban J connectivity index is 2.44. The van der Waals surface area contributed by atoms with E-state index < -0.39 is 5.91 Å². The molecule has 0 fully saturated rings. The Hall–Kier alpha value is -1.77. The minimum Gasteiger partial charge on any atom is -0.369 e. The fourth-order valence-electron chi connectivity index (χ4n) is 1.33. The van der Waals surface area contributed by atoms with E-state index in [0.717, 1.165) is 16.6 Å². The lowest BCUT2D eigenvalue weighted by atomic mass is 10.2. The van der Waals surface area contributed by atoms with E-state index in [1.165, 1.54) is 6.42 Å². The molecule has 1 heterocycles. The monoisotopic (exact) mass is 173 g/mol. The number of rotatable bonds is 2. The van der Waals surface area contributed by atoms with Gasteiger partial charge in [-0.05, 0) is 17.5 Å². The van der Waals surface area contributed by atoms with E-state index in [1.807, 2.05) is 30.3 Å². The molecule has 0 spiro atoms. The molecule has 1 aromatic carbocycles. The number of fused-ring (bicyclic) bond motifs is 1. The molecular formula is C10H9N2O. The summed E-state index contributed by atoms with van der Waals surface area (Å²) in [6.45, 7) is 0. The number of hydrogen-bond donors (Lipinski definition) is 2. The van der Waals surface area contributed by atoms with Crippen LogP contribution in [0.4, 0.5) is 0 Å². The van der Waals surface area contributed by atoms with Crippen LogP contribution in [0.15, 0.2) is 30.3 Å². The third-order valence-electron chi connectivity index (χ3n) is 1.85. The first-order chi connectivity index (χ1) is 6.25. The van der Waals surface area contributed by atoms with Crippen LogP contribution < -0.4 is 5.73 Å². The van der Waals surface area contributed by atoms with Crippen molar-refractivity contribution in [2.75, 3.05) is 0 Å². The van der Waals surface area contributed by atoms with E-state index in [0.29, 0.717) is 0 Å². The highest BCUT2D eigenvalue weighted by atomic mass is 16.1. The van der Waals surface area contributed by atoms with Crippen LogP contribution >= 0.6 is 0 Å². The molecule has 3 heteroatoms. The first-order valence-electron chi connectivity index (χ1n) is 3.97. The molecular weight excluding hydrogens is 164 g/mol. The average Bonchev–Trinajstić information content (AvgIpc) is 2.44. The van der Waals surface area contributed by atoms with Gasteiger partial charge in [0.25, 0.3) is 0 Å². The standard InChI is InChI=1S/C10H9N2O/c11-10(13)6-8-5-7-3-1-2-4-9(7)12-8/h1-6,12H,(H2,11,13). The number of aromatic nitrogens is 1. The Morgan fingerprint density at radius 1 is 1.38 bits per heavy atom. The Bertz CT molecular complexity index is 412. The fourth-order valence-corrected chi connectivity index (χ4v) is 1.33. The summed E-state index contributed by atoms with van der Waals surface area (Å²) in [6.07, 6.45) is 1.38. The van der Waals surface area contributed by atoms with Gasteiger partial charge in [0.1, 0.15) is 0 Å². The van der Waals surface area contributed by atoms with Gasteiger partial charge in [0.2, 0.25) is 5.91 Å². The van der Waals surface area contributed by atoms with Crippen LogP contribution in [-0.4, -0.2) is 10.9 Å². The van der Waals surface area contributed by atoms with E-state index in [2.05, 4.69) is 4.98 Å². The van der Waals surface area contributed by atoms with E-state index in [4.69, 9.17) is 5.73 Å². The van der Waals surface area contributed by atoms with Gasteiger partial charge in [-0.15, -0.1) is 0 Å². The molecule has 0 unspecified atom stereocenters. The highest BCUT2D eigenvalue weighted by Crippen LogP contribution is 2.15. The minimum absolute atomic E-state index is 0.438. The molecule has 0 saturated heterocycles. The molecule has 0 aliphatic rings. The zero-order chi connectivity index (χ0) is 9.26. The summed E-state index contributed by atoms with van der Waals surface area (Å²) in [5, 5.41) is 1.08. The second-order valence-corrected chi connectivity index (χ2v) is 2.86. The predicted molar refractivity (Wildman–Crippen MR) is 50.9 cm³/mol. The van der Waals surface area contributed by atoms with Crippen molar-refractivity contribution < 1.29 is 4.79 Å². The molecule has 0 aliphatic carbocycles. The summed E-state index contributed by atoms with van der Waals surface area (Å²) < 4.78 is 0. The summed E-state index contributed by atoms with van der Waals surface area (Å²) >= 11 is 0. The Morgan fingerprint density at radius 3 is 2.85 bits per heavy atom. The SMILES string of the molecule is NC(=O)[CH]c1cc2ccccc2[nH]1. The summed E-state index contributed by atoms with van der Waals surface area (Å²) in [7, 11) is 0. The second kappa shape index (κ2) is 2.94. The highest BCUT2D eigenvalue weighted by molar-refractivity contribution is 5.89. The summed E-state index contributed by atoms with van der Waals surface area (Å²) in [5.74, 6) is -0.438. The summed E-state index contributed by atoms with van der Waals surface area (Å²) in [4.78, 5) is 13.7. The topological polar surface area (TPSA) is 58.9 Å². The van der Waals surface area contributed by atoms with Crippen LogP contribution in [0.3, 0.4) is 0 Å². The van der Waals surface area contributed by atoms with Crippen LogP contribution in [0, 0.1) is 6.42 Å². The van der Waals surface area contributed by atoms with Crippen molar-refractivity contribution in [3.05, 3.63) is 42.4 Å². The van der Waals surface area contributed by atoms with Gasteiger partial charge in [-0.3, -0.25) is 4.79 Å². The quantitative estimate of drug-likeness (QED) is 0.704. The Morgan fingerprint density at radius 2 is 2.15 bits per heavy atom. The van der Waals surface area contributed by atoms with Crippen LogP contribution in [0.1, 0.15) is 5.69 Å². The molecule has 3 N–H and O–H groups in total. The maximum atomic E-state index is 10.6. The molecule has 0 aliphatic heterocycles. The summed E-state index contributed by atoms with van der Waals surface area (Å²) in [6, 6.07) is 9.70. The van der Waals surface area contributed by atoms with Crippen molar-refractivity contribution >= 4 is 16.8 Å². The number of hydrogen-bond acceptors (Lipinski definition) is 1. The van der Waals surface area contributed by atoms with E-state index in [-0.39, 0.29) is 0 Å². The predicted octanol–water partition coefficient (Wildman–Crippen LogP) is 1.21. The van der Waals surface area contributed by atoms with Crippen molar-refractivity contribution in [2.24, 2.45) is 5.73 Å². The molecule has 0 bridgehead atoms. The lowest BCUT2D eigenvalue weighted by Gasteiger charge is -1.88. The molecule has 65 valence electrons. The van der Waals surface area contributed by atoms with Gasteiger partial charge in [-0.1, -0.05) is 18.2 Å². The number of carbonyl (C=O) groups is 1. The number of amides is 1. The largest absolute Gasteiger partial charge is 0.369 e. The van der Waals surface area contributed by atoms with Crippen LogP contribution in [0.25, 0.3) is 10.9 Å². The molecule has 2 aromatic rings. The van der Waals surface area contributed by atoms with Crippen LogP contribution in [0.2, 0.25) is 0 Å². The Labute approximate surface area is 75.6 Å². The molecule has 1 amide bonds. The Kier molecular flexibility index (Phi) is 1.77. The van der Waals surface area contributed by atoms with Crippen LogP contribution in [0.5, 0.6) is 0 Å². The lowest BCUT2D eigenvalue weighted by Crippen LogP contribution is -2.11. The number of aromatic amines is 1. The van der Waals surface area contributed by atoms with Gasteiger partial charge < -0.3 is 10.7 Å². The zero-order valence-electron chi connectivity index (χ0n) is 6.95. The second-order valence-electron chi connectivity index (χ2n) is 2.86. The fraction of sp³-hybridized carbons (Fsp3) is 0. The van der Waals surface area contributed by atoms with Gasteiger partial charge >= 0.3 is 0 Å². The number of benzene rings is 1. The lowest BCUT2D eigenvalue weighted by molar-refractivity contribution is -0.114. The number of para-hydroxylation sites is 1. The third-order valence-corrected chi connectivity index (χ3v) is 1.85. The van der Waals surface area contributed by atoms with Gasteiger partial charge in [-0.25, -0.2) is 0 Å². The van der Waals surface area contributed by atoms with E-state index >= 15 is 0 Å². The van der Waals surface area contributed by atoms with Crippen molar-refractivity contribution in [3.8, 4) is 0 Å². The van der Waals surface area contributed by atoms with Crippen molar-refractivity contribution in [2.45, 2.75) is 0 Å². The van der Waals surface area contributed by atoms with Gasteiger partial charge in [0.15, 0.2) is 0 Å². The molecule has 0 saturated carbocycles. The van der Waals surface area contributed by atoms with E-state index in [1.54, 1.807) is 0 Å². The normalized spacial score (nSPS) is 10.5. The number of primary amides is 1. The van der Waals surface area contributed by atoms with E-state index in [9.17, 15) is 4.79 Å². The van der Waals surface area contributed by atoms with Gasteiger partial charge in [0.05, 0.1) is 6.42 Å². The number of nitrogens with two attached hydrogens (primary N) is 1. The molecule has 2 rings (SSSR count). The number of carbonyl (C=O) groups excluding carboxylic acids is 1. The molecule has 0 atom stereocenters. The highest BCUT2D eigenvalue weighted by Gasteiger charge is 2.02. The molecule has 1 aromatic heterocycles. The number of nitrogens with one attached hydrogen (secondary N) is 1. The molecule has 13 heavy (non-hydrogen) atoms. The maximum absolute atomic E-state index is 10.6. The molecule has 3 nitrogen and oxygen atoms in total. The van der Waals surface area contributed by atoms with Crippen molar-refractivity contribution in [1.29, 1.82) is 0 Å². The van der Waals surface area contributed by atoms with Gasteiger partial charge in [0, 0.05) is 11.2 Å². The smallest absolute Gasteiger partial charge is 0.227 e. The van der Waals surface area contributed by atoms with Crippen LogP contribution in [-0.2, 0) is 4.79 Å². The minimum atomic E-state index is -0.438. The first-order valence-corrected chi connectivity index (χ1v) is 3.97.